The normalized spacial score (nSPS) is 19.8. The number of ether oxygens (including phenoxy) is 2. The highest BCUT2D eigenvalue weighted by atomic mass is 32.2. The first-order valence-electron chi connectivity index (χ1n) is 8.75. The molecule has 0 saturated carbocycles. The second kappa shape index (κ2) is 8.09. The van der Waals surface area contributed by atoms with Crippen molar-refractivity contribution in [1.29, 1.82) is 5.26 Å². The van der Waals surface area contributed by atoms with Crippen molar-refractivity contribution < 1.29 is 17.9 Å². The van der Waals surface area contributed by atoms with Crippen LogP contribution in [0.2, 0.25) is 0 Å². The zero-order valence-corrected chi connectivity index (χ0v) is 16.1. The van der Waals surface area contributed by atoms with Crippen LogP contribution in [-0.4, -0.2) is 39.0 Å². The fourth-order valence-electron chi connectivity index (χ4n) is 2.75. The van der Waals surface area contributed by atoms with E-state index in [1.165, 1.54) is 0 Å². The summed E-state index contributed by atoms with van der Waals surface area (Å²) in [5.74, 6) is 0.650. The zero-order chi connectivity index (χ0) is 19.4. The standard InChI is InChI=1S/C20H22N2O4S/c1-14(2)27(23,24)22-19-12-25-13-20(19)26-18-9-7-17(8-10-18)16-5-3-15(11-21)4-6-16/h3-10,14,19-20,22H,12-13H2,1-2H3/t19-,20+/m1/s1. The molecule has 7 heteroatoms. The number of hydrogen-bond donors (Lipinski definition) is 1. The first kappa shape index (κ1) is 19.4. The first-order valence-corrected chi connectivity index (χ1v) is 10.3. The molecule has 2 aromatic carbocycles. The van der Waals surface area contributed by atoms with Crippen molar-refractivity contribution in [3.63, 3.8) is 0 Å². The van der Waals surface area contributed by atoms with Crippen molar-refractivity contribution in [3.05, 3.63) is 54.1 Å². The lowest BCUT2D eigenvalue weighted by atomic mass is 10.0. The summed E-state index contributed by atoms with van der Waals surface area (Å²) in [6, 6.07) is 16.6. The number of nitrogens with zero attached hydrogens (tertiary/aromatic N) is 1. The van der Waals surface area contributed by atoms with E-state index in [2.05, 4.69) is 10.8 Å². The highest BCUT2D eigenvalue weighted by Gasteiger charge is 2.34. The van der Waals surface area contributed by atoms with Gasteiger partial charge in [0.1, 0.15) is 11.9 Å². The predicted molar refractivity (Wildman–Crippen MR) is 103 cm³/mol. The summed E-state index contributed by atoms with van der Waals surface area (Å²) < 4.78 is 38.2. The van der Waals surface area contributed by atoms with Gasteiger partial charge in [0.2, 0.25) is 10.0 Å². The molecule has 0 spiro atoms. The molecule has 6 nitrogen and oxygen atoms in total. The summed E-state index contributed by atoms with van der Waals surface area (Å²) in [7, 11) is -3.39. The molecular formula is C20H22N2O4S. The third-order valence-corrected chi connectivity index (χ3v) is 6.33. The summed E-state index contributed by atoms with van der Waals surface area (Å²) in [4.78, 5) is 0. The molecule has 0 bridgehead atoms. The summed E-state index contributed by atoms with van der Waals surface area (Å²) in [5, 5.41) is 8.37. The van der Waals surface area contributed by atoms with Gasteiger partial charge in [0.25, 0.3) is 0 Å². The Morgan fingerprint density at radius 2 is 1.67 bits per heavy atom. The molecule has 0 radical (unpaired) electrons. The minimum Gasteiger partial charge on any atom is -0.486 e. The molecule has 3 rings (SSSR count). The summed E-state index contributed by atoms with van der Waals surface area (Å²) in [5.41, 5.74) is 2.63. The molecule has 1 saturated heterocycles. The molecule has 0 aliphatic carbocycles. The third kappa shape index (κ3) is 4.66. The SMILES string of the molecule is CC(C)S(=O)(=O)N[C@@H]1COC[C@@H]1Oc1ccc(-c2ccc(C#N)cc2)cc1. The van der Waals surface area contributed by atoms with Crippen LogP contribution < -0.4 is 9.46 Å². The lowest BCUT2D eigenvalue weighted by molar-refractivity contribution is 0.140. The van der Waals surface area contributed by atoms with Crippen LogP contribution in [0.5, 0.6) is 5.75 Å². The predicted octanol–water partition coefficient (Wildman–Crippen LogP) is 2.70. The number of nitriles is 1. The number of sulfonamides is 1. The molecule has 1 aliphatic rings. The first-order chi connectivity index (χ1) is 12.9. The van der Waals surface area contributed by atoms with Crippen molar-refractivity contribution in [2.45, 2.75) is 31.2 Å². The molecule has 0 amide bonds. The van der Waals surface area contributed by atoms with E-state index >= 15 is 0 Å². The number of rotatable bonds is 6. The number of nitrogens with one attached hydrogen (secondary N) is 1. The molecule has 142 valence electrons. The van der Waals surface area contributed by atoms with Gasteiger partial charge in [-0.05, 0) is 49.2 Å². The smallest absolute Gasteiger partial charge is 0.214 e. The van der Waals surface area contributed by atoms with Gasteiger partial charge in [-0.2, -0.15) is 5.26 Å². The Balaban J connectivity index is 1.67. The molecule has 1 heterocycles. The average molecular weight is 386 g/mol. The van der Waals surface area contributed by atoms with Gasteiger partial charge >= 0.3 is 0 Å². The Morgan fingerprint density at radius 3 is 2.22 bits per heavy atom. The van der Waals surface area contributed by atoms with Gasteiger partial charge in [-0.3, -0.25) is 0 Å². The van der Waals surface area contributed by atoms with E-state index in [1.54, 1.807) is 26.0 Å². The van der Waals surface area contributed by atoms with Crippen LogP contribution in [-0.2, 0) is 14.8 Å². The van der Waals surface area contributed by atoms with Gasteiger partial charge < -0.3 is 9.47 Å². The van der Waals surface area contributed by atoms with Gasteiger partial charge in [-0.1, -0.05) is 24.3 Å². The molecule has 1 fully saturated rings. The quantitative estimate of drug-likeness (QED) is 0.825. The van der Waals surface area contributed by atoms with E-state index in [1.807, 2.05) is 36.4 Å². The molecule has 1 aliphatic heterocycles. The summed E-state index contributed by atoms with van der Waals surface area (Å²) in [6.07, 6.45) is -0.376. The lowest BCUT2D eigenvalue weighted by Crippen LogP contribution is -2.47. The van der Waals surface area contributed by atoms with Crippen molar-refractivity contribution in [3.8, 4) is 22.9 Å². The number of hydrogen-bond acceptors (Lipinski definition) is 5. The highest BCUT2D eigenvalue weighted by molar-refractivity contribution is 7.90. The second-order valence-corrected chi connectivity index (χ2v) is 8.99. The molecule has 1 N–H and O–H groups in total. The molecule has 0 aromatic heterocycles. The third-order valence-electron chi connectivity index (χ3n) is 4.45. The highest BCUT2D eigenvalue weighted by Crippen LogP contribution is 2.24. The van der Waals surface area contributed by atoms with Gasteiger partial charge in [-0.25, -0.2) is 13.1 Å². The van der Waals surface area contributed by atoms with E-state index in [9.17, 15) is 8.42 Å². The molecule has 2 aromatic rings. The maximum atomic E-state index is 12.1. The fourth-order valence-corrected chi connectivity index (χ4v) is 3.66. The van der Waals surface area contributed by atoms with Crippen molar-refractivity contribution in [2.75, 3.05) is 13.2 Å². The van der Waals surface area contributed by atoms with Crippen molar-refractivity contribution in [2.24, 2.45) is 0 Å². The molecule has 27 heavy (non-hydrogen) atoms. The minimum absolute atomic E-state index is 0.292. The Hall–Kier alpha value is -2.40. The van der Waals surface area contributed by atoms with Crippen LogP contribution in [0.15, 0.2) is 48.5 Å². The maximum absolute atomic E-state index is 12.1. The Labute approximate surface area is 159 Å². The van der Waals surface area contributed by atoms with Gasteiger partial charge in [0, 0.05) is 0 Å². The zero-order valence-electron chi connectivity index (χ0n) is 15.3. The lowest BCUT2D eigenvalue weighted by Gasteiger charge is -2.21. The van der Waals surface area contributed by atoms with Crippen LogP contribution in [0.25, 0.3) is 11.1 Å². The van der Waals surface area contributed by atoms with E-state index in [-0.39, 0.29) is 6.10 Å². The number of benzene rings is 2. The average Bonchev–Trinajstić information content (AvgIpc) is 3.08. The van der Waals surface area contributed by atoms with Gasteiger partial charge in [-0.15, -0.1) is 0 Å². The van der Waals surface area contributed by atoms with Crippen LogP contribution in [0.1, 0.15) is 19.4 Å². The summed E-state index contributed by atoms with van der Waals surface area (Å²) >= 11 is 0. The van der Waals surface area contributed by atoms with Gasteiger partial charge in [0.15, 0.2) is 0 Å². The topological polar surface area (TPSA) is 88.4 Å². The van der Waals surface area contributed by atoms with Crippen molar-refractivity contribution >= 4 is 10.0 Å². The monoisotopic (exact) mass is 386 g/mol. The van der Waals surface area contributed by atoms with E-state index < -0.39 is 21.3 Å². The minimum atomic E-state index is -3.39. The van der Waals surface area contributed by atoms with E-state index in [4.69, 9.17) is 14.7 Å². The largest absolute Gasteiger partial charge is 0.486 e. The van der Waals surface area contributed by atoms with Crippen LogP contribution >= 0.6 is 0 Å². The Morgan fingerprint density at radius 1 is 1.07 bits per heavy atom. The van der Waals surface area contributed by atoms with Gasteiger partial charge in [0.05, 0.1) is 36.1 Å². The van der Waals surface area contributed by atoms with Crippen LogP contribution in [0.3, 0.4) is 0 Å². The summed E-state index contributed by atoms with van der Waals surface area (Å²) in [6.45, 7) is 3.90. The van der Waals surface area contributed by atoms with Crippen LogP contribution in [0.4, 0.5) is 0 Å². The maximum Gasteiger partial charge on any atom is 0.214 e. The second-order valence-electron chi connectivity index (χ2n) is 6.73. The molecule has 0 unspecified atom stereocenters. The Bertz CT molecular complexity index is 916. The fraction of sp³-hybridized carbons (Fsp3) is 0.350. The van der Waals surface area contributed by atoms with E-state index in [0.29, 0.717) is 24.5 Å². The van der Waals surface area contributed by atoms with Crippen LogP contribution in [0, 0.1) is 11.3 Å². The Kier molecular flexibility index (Phi) is 5.80. The molecule has 2 atom stereocenters. The van der Waals surface area contributed by atoms with Crippen molar-refractivity contribution in [1.82, 2.24) is 4.72 Å². The molecular weight excluding hydrogens is 364 g/mol. The van der Waals surface area contributed by atoms with E-state index in [0.717, 1.165) is 11.1 Å².